The van der Waals surface area contributed by atoms with Crippen molar-refractivity contribution < 1.29 is 0 Å². The Morgan fingerprint density at radius 3 is 2.43 bits per heavy atom. The van der Waals surface area contributed by atoms with Gasteiger partial charge in [0.25, 0.3) is 0 Å². The predicted molar refractivity (Wildman–Crippen MR) is 62.4 cm³/mol. The maximum atomic E-state index is 5.99. The van der Waals surface area contributed by atoms with Crippen LogP contribution < -0.4 is 11.1 Å². The molecule has 2 nitrogen and oxygen atoms in total. The summed E-state index contributed by atoms with van der Waals surface area (Å²) in [6.07, 6.45) is 7.39. The lowest BCUT2D eigenvalue weighted by molar-refractivity contribution is 0.239. The second-order valence-electron chi connectivity index (χ2n) is 5.04. The molecule has 1 saturated carbocycles. The number of hydrogen-bond acceptors (Lipinski definition) is 2. The summed E-state index contributed by atoms with van der Waals surface area (Å²) in [6, 6.07) is 1.09. The fourth-order valence-electron chi connectivity index (χ4n) is 2.31. The number of rotatable bonds is 4. The van der Waals surface area contributed by atoms with Gasteiger partial charge < -0.3 is 11.1 Å². The van der Waals surface area contributed by atoms with Crippen LogP contribution in [0.3, 0.4) is 0 Å². The van der Waals surface area contributed by atoms with Crippen LogP contribution in [0.2, 0.25) is 0 Å². The molecule has 2 unspecified atom stereocenters. The van der Waals surface area contributed by atoms with E-state index in [-0.39, 0.29) is 0 Å². The molecule has 0 aromatic rings. The van der Waals surface area contributed by atoms with Gasteiger partial charge in [-0.05, 0) is 39.0 Å². The highest BCUT2D eigenvalue weighted by atomic mass is 15.0. The largest absolute Gasteiger partial charge is 0.328 e. The van der Waals surface area contributed by atoms with Gasteiger partial charge in [-0.25, -0.2) is 0 Å². The molecule has 2 heteroatoms. The summed E-state index contributed by atoms with van der Waals surface area (Å²) in [5.74, 6) is 0. The van der Waals surface area contributed by atoms with E-state index in [1.165, 1.54) is 32.1 Å². The van der Waals surface area contributed by atoms with E-state index in [1.54, 1.807) is 0 Å². The van der Waals surface area contributed by atoms with Gasteiger partial charge in [-0.2, -0.15) is 0 Å². The first-order chi connectivity index (χ1) is 6.59. The first-order valence-electron chi connectivity index (χ1n) is 6.13. The van der Waals surface area contributed by atoms with Crippen LogP contribution >= 0.6 is 0 Å². The smallest absolute Gasteiger partial charge is 0.0150 e. The van der Waals surface area contributed by atoms with Crippen LogP contribution in [0.4, 0.5) is 0 Å². The molecule has 0 aromatic carbocycles. The SMILES string of the molecule is CCC(C)(CC)NC1CCCC(N)C1. The third kappa shape index (κ3) is 3.25. The van der Waals surface area contributed by atoms with Crippen molar-refractivity contribution in [2.45, 2.75) is 76.9 Å². The molecule has 0 heterocycles. The average Bonchev–Trinajstić information content (AvgIpc) is 2.18. The summed E-state index contributed by atoms with van der Waals surface area (Å²) in [4.78, 5) is 0. The maximum Gasteiger partial charge on any atom is 0.0150 e. The molecule has 0 radical (unpaired) electrons. The van der Waals surface area contributed by atoms with Gasteiger partial charge in [-0.15, -0.1) is 0 Å². The Labute approximate surface area is 88.6 Å². The molecule has 3 N–H and O–H groups in total. The van der Waals surface area contributed by atoms with Crippen LogP contribution in [-0.4, -0.2) is 17.6 Å². The van der Waals surface area contributed by atoms with Crippen molar-refractivity contribution in [3.05, 3.63) is 0 Å². The Morgan fingerprint density at radius 1 is 1.29 bits per heavy atom. The summed E-state index contributed by atoms with van der Waals surface area (Å²) in [7, 11) is 0. The molecule has 2 atom stereocenters. The quantitative estimate of drug-likeness (QED) is 0.728. The first kappa shape index (κ1) is 12.0. The van der Waals surface area contributed by atoms with Crippen LogP contribution in [-0.2, 0) is 0 Å². The van der Waals surface area contributed by atoms with Crippen molar-refractivity contribution in [1.29, 1.82) is 0 Å². The van der Waals surface area contributed by atoms with Crippen LogP contribution in [0.15, 0.2) is 0 Å². The van der Waals surface area contributed by atoms with Gasteiger partial charge >= 0.3 is 0 Å². The summed E-state index contributed by atoms with van der Waals surface area (Å²) in [5.41, 5.74) is 6.31. The molecule has 84 valence electrons. The Balaban J connectivity index is 2.41. The van der Waals surface area contributed by atoms with Crippen molar-refractivity contribution in [3.8, 4) is 0 Å². The van der Waals surface area contributed by atoms with E-state index in [0.717, 1.165) is 6.42 Å². The second kappa shape index (κ2) is 5.13. The van der Waals surface area contributed by atoms with Gasteiger partial charge in [0, 0.05) is 17.6 Å². The van der Waals surface area contributed by atoms with Gasteiger partial charge in [0.15, 0.2) is 0 Å². The predicted octanol–water partition coefficient (Wildman–Crippen LogP) is 2.42. The molecule has 14 heavy (non-hydrogen) atoms. The summed E-state index contributed by atoms with van der Waals surface area (Å²) >= 11 is 0. The van der Waals surface area contributed by atoms with Gasteiger partial charge in [0.2, 0.25) is 0 Å². The molecule has 1 aliphatic carbocycles. The lowest BCUT2D eigenvalue weighted by atomic mass is 9.87. The van der Waals surface area contributed by atoms with E-state index in [4.69, 9.17) is 5.73 Å². The monoisotopic (exact) mass is 198 g/mol. The van der Waals surface area contributed by atoms with E-state index in [1.807, 2.05) is 0 Å². The highest BCUT2D eigenvalue weighted by Gasteiger charge is 2.26. The number of nitrogens with two attached hydrogens (primary N) is 1. The molecule has 0 spiro atoms. The highest BCUT2D eigenvalue weighted by molar-refractivity contribution is 4.88. The fraction of sp³-hybridized carbons (Fsp3) is 1.00. The zero-order valence-corrected chi connectivity index (χ0v) is 9.97. The van der Waals surface area contributed by atoms with Gasteiger partial charge in [-0.1, -0.05) is 20.3 Å². The van der Waals surface area contributed by atoms with Crippen LogP contribution in [0.25, 0.3) is 0 Å². The Bertz CT molecular complexity index is 164. The van der Waals surface area contributed by atoms with E-state index < -0.39 is 0 Å². The Kier molecular flexibility index (Phi) is 4.39. The molecule has 0 aliphatic heterocycles. The van der Waals surface area contributed by atoms with E-state index >= 15 is 0 Å². The Morgan fingerprint density at radius 2 is 1.93 bits per heavy atom. The first-order valence-corrected chi connectivity index (χ1v) is 6.13. The minimum absolute atomic E-state index is 0.321. The van der Waals surface area contributed by atoms with Crippen molar-refractivity contribution in [2.75, 3.05) is 0 Å². The molecular weight excluding hydrogens is 172 g/mol. The molecule has 0 aromatic heterocycles. The maximum absolute atomic E-state index is 5.99. The summed E-state index contributed by atoms with van der Waals surface area (Å²) < 4.78 is 0. The molecule has 0 bridgehead atoms. The van der Waals surface area contributed by atoms with Crippen molar-refractivity contribution in [2.24, 2.45) is 5.73 Å². The van der Waals surface area contributed by atoms with Crippen LogP contribution in [0, 0.1) is 0 Å². The highest BCUT2D eigenvalue weighted by Crippen LogP contribution is 2.22. The third-order valence-corrected chi connectivity index (χ3v) is 3.83. The zero-order chi connectivity index (χ0) is 10.6. The van der Waals surface area contributed by atoms with Crippen molar-refractivity contribution in [3.63, 3.8) is 0 Å². The van der Waals surface area contributed by atoms with Crippen molar-refractivity contribution in [1.82, 2.24) is 5.32 Å². The third-order valence-electron chi connectivity index (χ3n) is 3.83. The Hall–Kier alpha value is -0.0800. The topological polar surface area (TPSA) is 38.0 Å². The van der Waals surface area contributed by atoms with E-state index in [9.17, 15) is 0 Å². The normalized spacial score (nSPS) is 29.1. The average molecular weight is 198 g/mol. The molecule has 1 fully saturated rings. The van der Waals surface area contributed by atoms with Crippen LogP contribution in [0.1, 0.15) is 59.3 Å². The molecule has 0 amide bonds. The lowest BCUT2D eigenvalue weighted by Crippen LogP contribution is -2.50. The van der Waals surface area contributed by atoms with Gasteiger partial charge in [0.1, 0.15) is 0 Å². The number of hydrogen-bond donors (Lipinski definition) is 2. The lowest BCUT2D eigenvalue weighted by Gasteiger charge is -2.37. The van der Waals surface area contributed by atoms with E-state index in [2.05, 4.69) is 26.1 Å². The van der Waals surface area contributed by atoms with Gasteiger partial charge in [0.05, 0.1) is 0 Å². The standard InChI is InChI=1S/C12H26N2/c1-4-12(3,5-2)14-11-8-6-7-10(13)9-11/h10-11,14H,4-9,13H2,1-3H3. The molecular formula is C12H26N2. The van der Waals surface area contributed by atoms with E-state index in [0.29, 0.717) is 17.6 Å². The summed E-state index contributed by atoms with van der Waals surface area (Å²) in [6.45, 7) is 6.85. The second-order valence-corrected chi connectivity index (χ2v) is 5.04. The molecule has 0 saturated heterocycles. The summed E-state index contributed by atoms with van der Waals surface area (Å²) in [5, 5.41) is 3.78. The number of nitrogens with one attached hydrogen (secondary N) is 1. The minimum Gasteiger partial charge on any atom is -0.328 e. The zero-order valence-electron chi connectivity index (χ0n) is 9.97. The van der Waals surface area contributed by atoms with Crippen molar-refractivity contribution >= 4 is 0 Å². The van der Waals surface area contributed by atoms with Crippen LogP contribution in [0.5, 0.6) is 0 Å². The molecule has 1 aliphatic rings. The van der Waals surface area contributed by atoms with Gasteiger partial charge in [-0.3, -0.25) is 0 Å². The molecule has 1 rings (SSSR count). The fourth-order valence-corrected chi connectivity index (χ4v) is 2.31. The minimum atomic E-state index is 0.321.